The zero-order valence-corrected chi connectivity index (χ0v) is 11.3. The van der Waals surface area contributed by atoms with Crippen molar-refractivity contribution in [3.63, 3.8) is 0 Å². The number of hydrogen-bond donors (Lipinski definition) is 2. The first-order chi connectivity index (χ1) is 9.95. The zero-order valence-electron chi connectivity index (χ0n) is 11.3. The topological polar surface area (TPSA) is 100 Å². The van der Waals surface area contributed by atoms with Gasteiger partial charge in [0.15, 0.2) is 5.78 Å². The number of carbonyl (C=O) groups is 2. The molecular weight excluding hydrogens is 274 g/mol. The highest BCUT2D eigenvalue weighted by Crippen LogP contribution is 2.32. The number of fused-ring (bicyclic) bond motifs is 1. The molecule has 0 radical (unpaired) electrons. The summed E-state index contributed by atoms with van der Waals surface area (Å²) in [6.07, 6.45) is 0.689. The van der Waals surface area contributed by atoms with Gasteiger partial charge in [0, 0.05) is 23.6 Å². The number of aromatic nitrogens is 1. The molecule has 6 heteroatoms. The van der Waals surface area contributed by atoms with Gasteiger partial charge in [-0.25, -0.2) is 4.79 Å². The van der Waals surface area contributed by atoms with Crippen molar-refractivity contribution in [3.05, 3.63) is 56.9 Å². The summed E-state index contributed by atoms with van der Waals surface area (Å²) >= 11 is 0. The molecule has 1 aliphatic rings. The fraction of sp³-hybridized carbons (Fsp3) is 0.267. The van der Waals surface area contributed by atoms with Gasteiger partial charge in [-0.05, 0) is 31.5 Å². The third-order valence-electron chi connectivity index (χ3n) is 3.70. The monoisotopic (exact) mass is 287 g/mol. The smallest absolute Gasteiger partial charge is 0.341 e. The fourth-order valence-electron chi connectivity index (χ4n) is 2.66. The maximum atomic E-state index is 12.2. The molecule has 0 fully saturated rings. The van der Waals surface area contributed by atoms with Crippen molar-refractivity contribution in [2.45, 2.75) is 25.7 Å². The average Bonchev–Trinajstić information content (AvgIpc) is 2.84. The molecule has 0 aromatic carbocycles. The lowest BCUT2D eigenvalue weighted by molar-refractivity contribution is 0.0695. The predicted octanol–water partition coefficient (Wildman–Crippen LogP) is 1.89. The molecule has 0 unspecified atom stereocenters. The van der Waals surface area contributed by atoms with Crippen LogP contribution in [0.25, 0.3) is 0 Å². The van der Waals surface area contributed by atoms with Crippen LogP contribution >= 0.6 is 0 Å². The van der Waals surface area contributed by atoms with Crippen LogP contribution in [-0.4, -0.2) is 21.8 Å². The summed E-state index contributed by atoms with van der Waals surface area (Å²) < 4.78 is 5.54. The minimum absolute atomic E-state index is 0.134. The SMILES string of the molecule is Cc1ccc([C@@H]2CC(=O)c3cc(C(=O)O)c(=O)[nH]c3C2)o1. The Morgan fingerprint density at radius 2 is 2.10 bits per heavy atom. The third kappa shape index (κ3) is 2.29. The number of furan rings is 1. The van der Waals surface area contributed by atoms with Gasteiger partial charge in [0.25, 0.3) is 5.56 Å². The summed E-state index contributed by atoms with van der Waals surface area (Å²) in [6.45, 7) is 1.82. The number of ketones is 1. The van der Waals surface area contributed by atoms with Gasteiger partial charge in [-0.1, -0.05) is 0 Å². The number of carboxylic acid groups (broad SMARTS) is 1. The number of hydrogen-bond acceptors (Lipinski definition) is 4. The second kappa shape index (κ2) is 4.73. The van der Waals surface area contributed by atoms with E-state index in [-0.39, 0.29) is 23.7 Å². The molecule has 2 heterocycles. The van der Waals surface area contributed by atoms with Crippen LogP contribution in [0.1, 0.15) is 50.3 Å². The Hall–Kier alpha value is -2.63. The first-order valence-electron chi connectivity index (χ1n) is 6.54. The number of carbonyl (C=O) groups excluding carboxylic acids is 1. The van der Waals surface area contributed by atoms with Crippen LogP contribution < -0.4 is 5.56 Å². The first kappa shape index (κ1) is 13.4. The number of pyridine rings is 1. The molecular formula is C15H13NO5. The van der Waals surface area contributed by atoms with E-state index in [0.717, 1.165) is 5.76 Å². The summed E-state index contributed by atoms with van der Waals surface area (Å²) in [6, 6.07) is 4.82. The van der Waals surface area contributed by atoms with Gasteiger partial charge in [0.1, 0.15) is 17.1 Å². The van der Waals surface area contributed by atoms with Crippen molar-refractivity contribution in [2.75, 3.05) is 0 Å². The molecule has 2 aromatic heterocycles. The maximum absolute atomic E-state index is 12.2. The Labute approximate surface area is 119 Å². The highest BCUT2D eigenvalue weighted by molar-refractivity contribution is 6.00. The van der Waals surface area contributed by atoms with E-state index >= 15 is 0 Å². The van der Waals surface area contributed by atoms with Gasteiger partial charge in [-0.2, -0.15) is 0 Å². The van der Waals surface area contributed by atoms with Crippen LogP contribution in [0.2, 0.25) is 0 Å². The lowest BCUT2D eigenvalue weighted by Crippen LogP contribution is -2.27. The lowest BCUT2D eigenvalue weighted by Gasteiger charge is -2.21. The van der Waals surface area contributed by atoms with Gasteiger partial charge in [0.05, 0.1) is 0 Å². The molecule has 3 rings (SSSR count). The molecule has 2 N–H and O–H groups in total. The van der Waals surface area contributed by atoms with E-state index in [1.807, 2.05) is 19.1 Å². The molecule has 0 spiro atoms. The molecule has 21 heavy (non-hydrogen) atoms. The number of aromatic carboxylic acids is 1. The highest BCUT2D eigenvalue weighted by Gasteiger charge is 2.30. The van der Waals surface area contributed by atoms with Crippen molar-refractivity contribution in [1.82, 2.24) is 4.98 Å². The molecule has 1 atom stereocenters. The van der Waals surface area contributed by atoms with E-state index in [1.165, 1.54) is 6.07 Å². The average molecular weight is 287 g/mol. The van der Waals surface area contributed by atoms with Crippen LogP contribution in [-0.2, 0) is 6.42 Å². The Bertz CT molecular complexity index is 799. The van der Waals surface area contributed by atoms with Gasteiger partial charge in [-0.15, -0.1) is 0 Å². The number of aromatic amines is 1. The molecule has 108 valence electrons. The van der Waals surface area contributed by atoms with Crippen LogP contribution in [0.5, 0.6) is 0 Å². The first-order valence-corrected chi connectivity index (χ1v) is 6.54. The number of rotatable bonds is 2. The summed E-state index contributed by atoms with van der Waals surface area (Å²) in [5.74, 6) is -0.192. The van der Waals surface area contributed by atoms with E-state index in [9.17, 15) is 14.4 Å². The maximum Gasteiger partial charge on any atom is 0.341 e. The molecule has 1 aliphatic carbocycles. The number of nitrogens with one attached hydrogen (secondary N) is 1. The molecule has 6 nitrogen and oxygen atoms in total. The van der Waals surface area contributed by atoms with E-state index in [1.54, 1.807) is 0 Å². The highest BCUT2D eigenvalue weighted by atomic mass is 16.4. The second-order valence-electron chi connectivity index (χ2n) is 5.19. The quantitative estimate of drug-likeness (QED) is 0.878. The van der Waals surface area contributed by atoms with E-state index in [4.69, 9.17) is 9.52 Å². The van der Waals surface area contributed by atoms with Crippen molar-refractivity contribution >= 4 is 11.8 Å². The summed E-state index contributed by atoms with van der Waals surface area (Å²) in [7, 11) is 0. The van der Waals surface area contributed by atoms with Gasteiger partial charge >= 0.3 is 5.97 Å². The largest absolute Gasteiger partial charge is 0.477 e. The Balaban J connectivity index is 2.03. The predicted molar refractivity (Wildman–Crippen MR) is 72.9 cm³/mol. The molecule has 0 amide bonds. The normalized spacial score (nSPS) is 17.6. The van der Waals surface area contributed by atoms with E-state index in [2.05, 4.69) is 4.98 Å². The lowest BCUT2D eigenvalue weighted by atomic mass is 9.84. The van der Waals surface area contributed by atoms with Gasteiger partial charge in [-0.3, -0.25) is 9.59 Å². The second-order valence-corrected chi connectivity index (χ2v) is 5.19. The number of H-pyrrole nitrogens is 1. The zero-order chi connectivity index (χ0) is 15.1. The number of Topliss-reactive ketones (excluding diaryl/α,β-unsaturated/α-hetero) is 1. The third-order valence-corrected chi connectivity index (χ3v) is 3.70. The molecule has 0 aliphatic heterocycles. The fourth-order valence-corrected chi connectivity index (χ4v) is 2.66. The Kier molecular flexibility index (Phi) is 3.01. The molecule has 0 saturated heterocycles. The van der Waals surface area contributed by atoms with Crippen molar-refractivity contribution in [2.24, 2.45) is 0 Å². The summed E-state index contributed by atoms with van der Waals surface area (Å²) in [5, 5.41) is 8.94. The molecule has 0 saturated carbocycles. The number of aryl methyl sites for hydroxylation is 1. The van der Waals surface area contributed by atoms with Crippen LogP contribution in [0.4, 0.5) is 0 Å². The van der Waals surface area contributed by atoms with Crippen molar-refractivity contribution in [1.29, 1.82) is 0 Å². The summed E-state index contributed by atoms with van der Waals surface area (Å²) in [5.41, 5.74) is -0.341. The molecule has 0 bridgehead atoms. The summed E-state index contributed by atoms with van der Waals surface area (Å²) in [4.78, 5) is 37.4. The Morgan fingerprint density at radius 3 is 2.71 bits per heavy atom. The standard InChI is InChI=1S/C15H13NO5/c1-7-2-3-13(21-7)8-4-11-9(12(17)5-8)6-10(15(19)20)14(18)16-11/h2-3,6,8H,4-5H2,1H3,(H,16,18)(H,19,20)/t8-/m0/s1. The van der Waals surface area contributed by atoms with Gasteiger partial charge in [0.2, 0.25) is 0 Å². The van der Waals surface area contributed by atoms with E-state index in [0.29, 0.717) is 17.9 Å². The number of carboxylic acids is 1. The van der Waals surface area contributed by atoms with Crippen molar-refractivity contribution < 1.29 is 19.1 Å². The molecule has 2 aromatic rings. The van der Waals surface area contributed by atoms with Crippen LogP contribution in [0.3, 0.4) is 0 Å². The van der Waals surface area contributed by atoms with E-state index < -0.39 is 17.1 Å². The van der Waals surface area contributed by atoms with Crippen LogP contribution in [0.15, 0.2) is 27.4 Å². The van der Waals surface area contributed by atoms with Gasteiger partial charge < -0.3 is 14.5 Å². The van der Waals surface area contributed by atoms with Crippen molar-refractivity contribution in [3.8, 4) is 0 Å². The Morgan fingerprint density at radius 1 is 1.33 bits per heavy atom. The minimum Gasteiger partial charge on any atom is -0.477 e. The minimum atomic E-state index is -1.34. The van der Waals surface area contributed by atoms with Crippen LogP contribution in [0, 0.1) is 6.92 Å².